The van der Waals surface area contributed by atoms with Crippen LogP contribution in [0.15, 0.2) is 28.8 Å². The van der Waals surface area contributed by atoms with E-state index in [4.69, 9.17) is 9.26 Å². The normalized spacial score (nSPS) is 10.2. The first-order chi connectivity index (χ1) is 8.20. The van der Waals surface area contributed by atoms with E-state index >= 15 is 0 Å². The Labute approximate surface area is 99.2 Å². The maximum absolute atomic E-state index is 10.9. The molecule has 2 aromatic rings. The molecule has 0 aliphatic carbocycles. The second-order valence-electron chi connectivity index (χ2n) is 3.83. The van der Waals surface area contributed by atoms with Crippen LogP contribution in [0, 0.1) is 13.8 Å². The van der Waals surface area contributed by atoms with E-state index in [-0.39, 0.29) is 0 Å². The fraction of sp³-hybridized carbons (Fsp3) is 0.231. The number of nitrogens with zero attached hydrogens (tertiary/aromatic N) is 1. The van der Waals surface area contributed by atoms with Gasteiger partial charge in [-0.25, -0.2) is 0 Å². The molecule has 1 aromatic carbocycles. The van der Waals surface area contributed by atoms with Crippen molar-refractivity contribution in [1.29, 1.82) is 0 Å². The first kappa shape index (κ1) is 11.4. The van der Waals surface area contributed by atoms with E-state index in [1.54, 1.807) is 12.1 Å². The third-order valence-electron chi connectivity index (χ3n) is 2.41. The molecule has 0 saturated heterocycles. The van der Waals surface area contributed by atoms with Crippen LogP contribution in [-0.4, -0.2) is 11.4 Å². The van der Waals surface area contributed by atoms with Crippen LogP contribution in [0.4, 0.5) is 0 Å². The molecule has 0 aliphatic rings. The Balaban J connectivity index is 2.16. The molecule has 0 radical (unpaired) electrons. The third kappa shape index (κ3) is 2.53. The molecule has 0 unspecified atom stereocenters. The summed E-state index contributed by atoms with van der Waals surface area (Å²) in [6.45, 7) is 4.01. The summed E-state index contributed by atoms with van der Waals surface area (Å²) in [5.41, 5.74) is 2.18. The van der Waals surface area contributed by atoms with Crippen LogP contribution in [0.5, 0.6) is 5.75 Å². The Morgan fingerprint density at radius 3 is 2.88 bits per heavy atom. The van der Waals surface area contributed by atoms with E-state index in [9.17, 15) is 4.79 Å². The van der Waals surface area contributed by atoms with Gasteiger partial charge in [-0.1, -0.05) is 17.3 Å². The van der Waals surface area contributed by atoms with Gasteiger partial charge >= 0.3 is 0 Å². The highest BCUT2D eigenvalue weighted by molar-refractivity contribution is 5.80. The molecular formula is C13H13NO3. The average molecular weight is 231 g/mol. The van der Waals surface area contributed by atoms with Crippen molar-refractivity contribution in [3.8, 4) is 5.75 Å². The SMILES string of the molecule is Cc1cc(COc2c(C)cccc2C=O)no1. The molecule has 4 nitrogen and oxygen atoms in total. The molecule has 0 aliphatic heterocycles. The van der Waals surface area contributed by atoms with Gasteiger partial charge in [0.15, 0.2) is 6.29 Å². The second kappa shape index (κ2) is 4.82. The molecule has 17 heavy (non-hydrogen) atoms. The highest BCUT2D eigenvalue weighted by atomic mass is 16.5. The van der Waals surface area contributed by atoms with Gasteiger partial charge in [-0.2, -0.15) is 0 Å². The molecular weight excluding hydrogens is 218 g/mol. The van der Waals surface area contributed by atoms with E-state index in [0.717, 1.165) is 17.6 Å². The predicted molar refractivity (Wildman–Crippen MR) is 62.1 cm³/mol. The van der Waals surface area contributed by atoms with Crippen LogP contribution in [0.1, 0.15) is 27.4 Å². The topological polar surface area (TPSA) is 52.3 Å². The molecule has 2 rings (SSSR count). The zero-order chi connectivity index (χ0) is 12.3. The number of aryl methyl sites for hydroxylation is 2. The molecule has 0 N–H and O–H groups in total. The van der Waals surface area contributed by atoms with Crippen LogP contribution in [-0.2, 0) is 6.61 Å². The number of aldehydes is 1. The molecule has 0 saturated carbocycles. The van der Waals surface area contributed by atoms with Crippen molar-refractivity contribution in [2.75, 3.05) is 0 Å². The molecule has 0 atom stereocenters. The number of carbonyl (C=O) groups is 1. The molecule has 0 amide bonds. The summed E-state index contributed by atoms with van der Waals surface area (Å²) in [4.78, 5) is 10.9. The first-order valence-corrected chi connectivity index (χ1v) is 5.30. The highest BCUT2D eigenvalue weighted by Gasteiger charge is 2.08. The summed E-state index contributed by atoms with van der Waals surface area (Å²) in [6.07, 6.45) is 0.788. The number of para-hydroxylation sites is 1. The Kier molecular flexibility index (Phi) is 3.23. The summed E-state index contributed by atoms with van der Waals surface area (Å²) in [5, 5.41) is 3.83. The number of hydrogen-bond donors (Lipinski definition) is 0. The summed E-state index contributed by atoms with van der Waals surface area (Å²) < 4.78 is 10.5. The summed E-state index contributed by atoms with van der Waals surface area (Å²) in [7, 11) is 0. The van der Waals surface area contributed by atoms with Gasteiger partial charge in [0.25, 0.3) is 0 Å². The molecule has 0 spiro atoms. The monoisotopic (exact) mass is 231 g/mol. The van der Waals surface area contributed by atoms with Gasteiger partial charge in [-0.05, 0) is 25.5 Å². The Hall–Kier alpha value is -2.10. The van der Waals surface area contributed by atoms with Crippen molar-refractivity contribution in [2.24, 2.45) is 0 Å². The molecule has 1 aromatic heterocycles. The van der Waals surface area contributed by atoms with E-state index in [0.29, 0.717) is 23.6 Å². The smallest absolute Gasteiger partial charge is 0.153 e. The van der Waals surface area contributed by atoms with Gasteiger partial charge in [0, 0.05) is 6.07 Å². The first-order valence-electron chi connectivity index (χ1n) is 5.30. The Morgan fingerprint density at radius 1 is 1.41 bits per heavy atom. The summed E-state index contributed by atoms with van der Waals surface area (Å²) in [6, 6.07) is 7.25. The van der Waals surface area contributed by atoms with Crippen LogP contribution < -0.4 is 4.74 Å². The van der Waals surface area contributed by atoms with Gasteiger partial charge in [0.1, 0.15) is 23.8 Å². The van der Waals surface area contributed by atoms with Crippen molar-refractivity contribution < 1.29 is 14.1 Å². The fourth-order valence-corrected chi connectivity index (χ4v) is 1.60. The quantitative estimate of drug-likeness (QED) is 0.759. The lowest BCUT2D eigenvalue weighted by molar-refractivity contribution is 0.111. The third-order valence-corrected chi connectivity index (χ3v) is 2.41. The maximum Gasteiger partial charge on any atom is 0.153 e. The van der Waals surface area contributed by atoms with Gasteiger partial charge in [-0.15, -0.1) is 0 Å². The van der Waals surface area contributed by atoms with Gasteiger partial charge in [-0.3, -0.25) is 4.79 Å². The van der Waals surface area contributed by atoms with Gasteiger partial charge in [0.2, 0.25) is 0 Å². The Bertz CT molecular complexity index is 531. The minimum atomic E-state index is 0.295. The largest absolute Gasteiger partial charge is 0.486 e. The second-order valence-corrected chi connectivity index (χ2v) is 3.83. The summed E-state index contributed by atoms with van der Waals surface area (Å²) >= 11 is 0. The zero-order valence-electron chi connectivity index (χ0n) is 9.77. The van der Waals surface area contributed by atoms with Crippen LogP contribution in [0.2, 0.25) is 0 Å². The predicted octanol–water partition coefficient (Wildman–Crippen LogP) is 2.68. The van der Waals surface area contributed by atoms with E-state index < -0.39 is 0 Å². The number of rotatable bonds is 4. The molecule has 4 heteroatoms. The van der Waals surface area contributed by atoms with Crippen molar-refractivity contribution in [2.45, 2.75) is 20.5 Å². The lowest BCUT2D eigenvalue weighted by atomic mass is 10.1. The van der Waals surface area contributed by atoms with E-state index in [1.165, 1.54) is 0 Å². The van der Waals surface area contributed by atoms with Crippen LogP contribution in [0.3, 0.4) is 0 Å². The summed E-state index contributed by atoms with van der Waals surface area (Å²) in [5.74, 6) is 1.34. The number of benzene rings is 1. The number of carbonyl (C=O) groups excluding carboxylic acids is 1. The lowest BCUT2D eigenvalue weighted by Crippen LogP contribution is -2.00. The van der Waals surface area contributed by atoms with Crippen molar-refractivity contribution in [1.82, 2.24) is 5.16 Å². The number of ether oxygens (including phenoxy) is 1. The Morgan fingerprint density at radius 2 is 2.24 bits per heavy atom. The standard InChI is InChI=1S/C13H13NO3/c1-9-4-3-5-11(7-15)13(9)16-8-12-6-10(2)17-14-12/h3-7H,8H2,1-2H3. The van der Waals surface area contributed by atoms with Crippen molar-refractivity contribution in [3.63, 3.8) is 0 Å². The lowest BCUT2D eigenvalue weighted by Gasteiger charge is -2.09. The minimum Gasteiger partial charge on any atom is -0.486 e. The van der Waals surface area contributed by atoms with Crippen molar-refractivity contribution in [3.05, 3.63) is 46.8 Å². The minimum absolute atomic E-state index is 0.295. The molecule has 0 bridgehead atoms. The highest BCUT2D eigenvalue weighted by Crippen LogP contribution is 2.22. The molecule has 0 fully saturated rings. The zero-order valence-corrected chi connectivity index (χ0v) is 9.77. The van der Waals surface area contributed by atoms with Crippen molar-refractivity contribution >= 4 is 6.29 Å². The average Bonchev–Trinajstić information content (AvgIpc) is 2.73. The van der Waals surface area contributed by atoms with Crippen LogP contribution >= 0.6 is 0 Å². The van der Waals surface area contributed by atoms with Crippen LogP contribution in [0.25, 0.3) is 0 Å². The van der Waals surface area contributed by atoms with Gasteiger partial charge < -0.3 is 9.26 Å². The maximum atomic E-state index is 10.9. The molecule has 1 heterocycles. The van der Waals surface area contributed by atoms with E-state index in [2.05, 4.69) is 5.16 Å². The number of hydrogen-bond acceptors (Lipinski definition) is 4. The van der Waals surface area contributed by atoms with Gasteiger partial charge in [0.05, 0.1) is 5.56 Å². The fourth-order valence-electron chi connectivity index (χ4n) is 1.60. The molecule has 88 valence electrons. The van der Waals surface area contributed by atoms with E-state index in [1.807, 2.05) is 26.0 Å². The number of aromatic nitrogens is 1.